The van der Waals surface area contributed by atoms with Crippen molar-refractivity contribution in [2.24, 2.45) is 11.7 Å². The number of carboxylic acids is 1. The molecule has 4 unspecified atom stereocenters. The lowest BCUT2D eigenvalue weighted by molar-refractivity contribution is -0.142. The third-order valence-electron chi connectivity index (χ3n) is 4.93. The van der Waals surface area contributed by atoms with Gasteiger partial charge in [0.25, 0.3) is 0 Å². The van der Waals surface area contributed by atoms with E-state index in [-0.39, 0.29) is 12.3 Å². The van der Waals surface area contributed by atoms with Crippen LogP contribution < -0.4 is 21.7 Å². The maximum Gasteiger partial charge on any atom is 0.326 e. The Balaban J connectivity index is 2.81. The van der Waals surface area contributed by atoms with E-state index >= 15 is 0 Å². The van der Waals surface area contributed by atoms with Gasteiger partial charge in [-0.25, -0.2) is 4.79 Å². The molecule has 10 nitrogen and oxygen atoms in total. The van der Waals surface area contributed by atoms with Crippen LogP contribution >= 0.6 is 11.8 Å². The molecule has 4 atom stereocenters. The molecule has 184 valence electrons. The molecule has 0 saturated carbocycles. The van der Waals surface area contributed by atoms with E-state index in [0.29, 0.717) is 17.7 Å². The van der Waals surface area contributed by atoms with Gasteiger partial charge in [0.1, 0.15) is 18.1 Å². The van der Waals surface area contributed by atoms with Gasteiger partial charge >= 0.3 is 5.97 Å². The van der Waals surface area contributed by atoms with Crippen molar-refractivity contribution in [3.63, 3.8) is 0 Å². The minimum absolute atomic E-state index is 0.0343. The summed E-state index contributed by atoms with van der Waals surface area (Å²) in [7, 11) is 0. The molecule has 33 heavy (non-hydrogen) atoms. The summed E-state index contributed by atoms with van der Waals surface area (Å²) >= 11 is 1.55. The first-order valence-corrected chi connectivity index (χ1v) is 12.0. The van der Waals surface area contributed by atoms with Crippen molar-refractivity contribution >= 4 is 35.5 Å². The molecule has 0 radical (unpaired) electrons. The molecule has 11 heteroatoms. The second kappa shape index (κ2) is 14.5. The van der Waals surface area contributed by atoms with Crippen LogP contribution in [0.3, 0.4) is 0 Å². The van der Waals surface area contributed by atoms with Gasteiger partial charge in [-0.2, -0.15) is 11.8 Å². The normalized spacial score (nSPS) is 14.6. The number of carbonyl (C=O) groups is 4. The van der Waals surface area contributed by atoms with Crippen LogP contribution in [0, 0.1) is 5.92 Å². The first kappa shape index (κ1) is 28.4. The first-order valence-electron chi connectivity index (χ1n) is 10.6. The van der Waals surface area contributed by atoms with Crippen LogP contribution in [-0.4, -0.2) is 76.7 Å². The zero-order valence-corrected chi connectivity index (χ0v) is 19.9. The van der Waals surface area contributed by atoms with Crippen molar-refractivity contribution in [3.05, 3.63) is 35.9 Å². The monoisotopic (exact) mass is 482 g/mol. The van der Waals surface area contributed by atoms with Gasteiger partial charge in [0, 0.05) is 6.42 Å². The highest BCUT2D eigenvalue weighted by Gasteiger charge is 2.31. The highest BCUT2D eigenvalue weighted by atomic mass is 32.2. The second-order valence-electron chi connectivity index (χ2n) is 7.95. The molecule has 3 amide bonds. The average molecular weight is 483 g/mol. The molecular formula is C22H34N4O6S. The number of carbonyl (C=O) groups excluding carboxylic acids is 3. The van der Waals surface area contributed by atoms with E-state index in [9.17, 15) is 29.4 Å². The number of hydrogen-bond donors (Lipinski definition) is 6. The molecule has 0 heterocycles. The molecule has 1 aromatic rings. The lowest BCUT2D eigenvalue weighted by Crippen LogP contribution is -2.59. The van der Waals surface area contributed by atoms with E-state index in [1.54, 1.807) is 55.9 Å². The third kappa shape index (κ3) is 9.80. The van der Waals surface area contributed by atoms with Gasteiger partial charge in [0.15, 0.2) is 0 Å². The van der Waals surface area contributed by atoms with Crippen molar-refractivity contribution < 1.29 is 29.4 Å². The van der Waals surface area contributed by atoms with Gasteiger partial charge in [0.2, 0.25) is 17.7 Å². The van der Waals surface area contributed by atoms with E-state index in [4.69, 9.17) is 5.73 Å². The molecule has 0 aliphatic heterocycles. The SMILES string of the molecule is CSCCC(N)C(=O)NC(C(=O)NC(CO)C(=O)NC(Cc1ccccc1)C(=O)O)C(C)C. The average Bonchev–Trinajstić information content (AvgIpc) is 2.78. The smallest absolute Gasteiger partial charge is 0.326 e. The summed E-state index contributed by atoms with van der Waals surface area (Å²) < 4.78 is 0. The Labute approximate surface area is 198 Å². The fraction of sp³-hybridized carbons (Fsp3) is 0.545. The minimum Gasteiger partial charge on any atom is -0.480 e. The Morgan fingerprint density at radius 1 is 0.970 bits per heavy atom. The summed E-state index contributed by atoms with van der Waals surface area (Å²) in [6.45, 7) is 2.68. The van der Waals surface area contributed by atoms with Crippen LogP contribution in [0.5, 0.6) is 0 Å². The number of hydrogen-bond acceptors (Lipinski definition) is 7. The zero-order chi connectivity index (χ0) is 25.0. The quantitative estimate of drug-likeness (QED) is 0.206. The molecule has 7 N–H and O–H groups in total. The van der Waals surface area contributed by atoms with Gasteiger partial charge in [-0.05, 0) is 29.9 Å². The number of aliphatic hydroxyl groups excluding tert-OH is 1. The van der Waals surface area contributed by atoms with Gasteiger partial charge in [-0.3, -0.25) is 14.4 Å². The fourth-order valence-corrected chi connectivity index (χ4v) is 3.44. The first-order chi connectivity index (χ1) is 15.6. The maximum atomic E-state index is 12.8. The van der Waals surface area contributed by atoms with Crippen molar-refractivity contribution in [2.75, 3.05) is 18.6 Å². The molecule has 0 aliphatic carbocycles. The largest absolute Gasteiger partial charge is 0.480 e. The van der Waals surface area contributed by atoms with Gasteiger partial charge in [0.05, 0.1) is 12.6 Å². The summed E-state index contributed by atoms with van der Waals surface area (Å²) in [6.07, 6.45) is 2.37. The molecule has 0 saturated heterocycles. The summed E-state index contributed by atoms with van der Waals surface area (Å²) in [6, 6.07) is 4.34. The summed E-state index contributed by atoms with van der Waals surface area (Å²) in [5.41, 5.74) is 6.56. The van der Waals surface area contributed by atoms with E-state index in [1.807, 2.05) is 6.26 Å². The lowest BCUT2D eigenvalue weighted by atomic mass is 10.0. The van der Waals surface area contributed by atoms with Crippen LogP contribution in [0.2, 0.25) is 0 Å². The number of nitrogens with one attached hydrogen (secondary N) is 3. The summed E-state index contributed by atoms with van der Waals surface area (Å²) in [4.78, 5) is 49.3. The predicted molar refractivity (Wildman–Crippen MR) is 126 cm³/mol. The number of nitrogens with two attached hydrogens (primary N) is 1. The number of benzene rings is 1. The Hall–Kier alpha value is -2.63. The van der Waals surface area contributed by atoms with Crippen molar-refractivity contribution in [1.29, 1.82) is 0 Å². The third-order valence-corrected chi connectivity index (χ3v) is 5.57. The zero-order valence-electron chi connectivity index (χ0n) is 19.1. The Bertz CT molecular complexity index is 792. The topological polar surface area (TPSA) is 171 Å². The lowest BCUT2D eigenvalue weighted by Gasteiger charge is -2.26. The van der Waals surface area contributed by atoms with Crippen LogP contribution in [0.1, 0.15) is 25.8 Å². The predicted octanol–water partition coefficient (Wildman–Crippen LogP) is -0.503. The van der Waals surface area contributed by atoms with Crippen LogP contribution in [-0.2, 0) is 25.6 Å². The standard InChI is InChI=1S/C22H34N4O6S/c1-13(2)18(26-19(28)15(23)9-10-33-3)21(30)25-17(12-27)20(29)24-16(22(31)32)11-14-7-5-4-6-8-14/h4-8,13,15-18,27H,9-12,23H2,1-3H3,(H,24,29)(H,25,30)(H,26,28)(H,31,32). The fourth-order valence-electron chi connectivity index (χ4n) is 2.95. The second-order valence-corrected chi connectivity index (χ2v) is 8.94. The molecule has 1 aromatic carbocycles. The van der Waals surface area contributed by atoms with E-state index in [0.717, 1.165) is 0 Å². The van der Waals surface area contributed by atoms with Crippen molar-refractivity contribution in [2.45, 2.75) is 50.9 Å². The molecule has 0 spiro atoms. The number of aliphatic carboxylic acids is 1. The van der Waals surface area contributed by atoms with E-state index in [1.165, 1.54) is 0 Å². The molecule has 0 fully saturated rings. The highest BCUT2D eigenvalue weighted by molar-refractivity contribution is 7.98. The Kier molecular flexibility index (Phi) is 12.5. The number of aliphatic hydroxyl groups is 1. The van der Waals surface area contributed by atoms with Crippen LogP contribution in [0.15, 0.2) is 30.3 Å². The van der Waals surface area contributed by atoms with Crippen LogP contribution in [0.4, 0.5) is 0 Å². The number of carboxylic acid groups (broad SMARTS) is 1. The Morgan fingerprint density at radius 2 is 1.58 bits per heavy atom. The van der Waals surface area contributed by atoms with Crippen molar-refractivity contribution in [1.82, 2.24) is 16.0 Å². The van der Waals surface area contributed by atoms with Crippen molar-refractivity contribution in [3.8, 4) is 0 Å². The summed E-state index contributed by atoms with van der Waals surface area (Å²) in [5.74, 6) is -2.90. The number of amides is 3. The minimum atomic E-state index is -1.39. The summed E-state index contributed by atoms with van der Waals surface area (Å²) in [5, 5.41) is 26.4. The van der Waals surface area contributed by atoms with Gasteiger partial charge < -0.3 is 31.9 Å². The van der Waals surface area contributed by atoms with E-state index < -0.39 is 54.5 Å². The number of thioether (sulfide) groups is 1. The van der Waals surface area contributed by atoms with E-state index in [2.05, 4.69) is 16.0 Å². The van der Waals surface area contributed by atoms with Crippen LogP contribution in [0.25, 0.3) is 0 Å². The molecular weight excluding hydrogens is 448 g/mol. The molecule has 1 rings (SSSR count). The number of rotatable bonds is 14. The Morgan fingerprint density at radius 3 is 2.09 bits per heavy atom. The molecule has 0 aromatic heterocycles. The van der Waals surface area contributed by atoms with Gasteiger partial charge in [-0.15, -0.1) is 0 Å². The molecule has 0 aliphatic rings. The molecule has 0 bridgehead atoms. The maximum absolute atomic E-state index is 12.8. The highest BCUT2D eigenvalue weighted by Crippen LogP contribution is 2.06. The van der Waals surface area contributed by atoms with Gasteiger partial charge in [-0.1, -0.05) is 44.2 Å².